The molecule has 0 saturated carbocycles. The van der Waals surface area contributed by atoms with E-state index in [9.17, 15) is 0 Å². The van der Waals surface area contributed by atoms with Crippen LogP contribution in [0.25, 0.3) is 42.4 Å². The van der Waals surface area contributed by atoms with Crippen LogP contribution in [-0.2, 0) is 0 Å². The highest BCUT2D eigenvalue weighted by molar-refractivity contribution is 7.25. The van der Waals surface area contributed by atoms with Crippen LogP contribution in [0.3, 0.4) is 0 Å². The molecule has 4 aromatic carbocycles. The third-order valence-electron chi connectivity index (χ3n) is 4.76. The summed E-state index contributed by atoms with van der Waals surface area (Å²) in [5.41, 5.74) is 4.60. The van der Waals surface area contributed by atoms with E-state index in [-0.39, 0.29) is 0 Å². The molecule has 0 spiro atoms. The van der Waals surface area contributed by atoms with Crippen LogP contribution in [0.15, 0.2) is 91.0 Å². The topological polar surface area (TPSA) is 0 Å². The van der Waals surface area contributed by atoms with Gasteiger partial charge in [-0.1, -0.05) is 78.3 Å². The Morgan fingerprint density at radius 3 is 2.23 bits per heavy atom. The lowest BCUT2D eigenvalue weighted by atomic mass is 9.93. The standard InChI is InChI=1S/C24H15ClS/c25-21-11-6-10-18(16-7-2-1-3-8-16)24(21)17-13-14-23-20(15-17)19-9-4-5-12-22(19)26-23/h1-15H. The summed E-state index contributed by atoms with van der Waals surface area (Å²) in [6.45, 7) is 0. The van der Waals surface area contributed by atoms with Gasteiger partial charge in [0, 0.05) is 30.8 Å². The van der Waals surface area contributed by atoms with Crippen molar-refractivity contribution >= 4 is 43.1 Å². The lowest BCUT2D eigenvalue weighted by Crippen LogP contribution is -1.86. The van der Waals surface area contributed by atoms with Gasteiger partial charge in [-0.3, -0.25) is 0 Å². The van der Waals surface area contributed by atoms with Crippen molar-refractivity contribution < 1.29 is 0 Å². The molecule has 0 atom stereocenters. The van der Waals surface area contributed by atoms with Crippen molar-refractivity contribution in [3.05, 3.63) is 96.0 Å². The Hall–Kier alpha value is -2.61. The van der Waals surface area contributed by atoms with Crippen molar-refractivity contribution in [3.63, 3.8) is 0 Å². The second-order valence-corrected chi connectivity index (χ2v) is 7.83. The molecule has 2 heteroatoms. The van der Waals surface area contributed by atoms with Crippen LogP contribution in [0.4, 0.5) is 0 Å². The van der Waals surface area contributed by atoms with E-state index in [4.69, 9.17) is 11.6 Å². The smallest absolute Gasteiger partial charge is 0.0490 e. The SMILES string of the molecule is Clc1cccc(-c2ccccc2)c1-c1ccc2sc3ccccc3c2c1. The molecule has 0 amide bonds. The first-order chi connectivity index (χ1) is 12.8. The van der Waals surface area contributed by atoms with Crippen molar-refractivity contribution in [2.45, 2.75) is 0 Å². The molecule has 0 aliphatic heterocycles. The quantitative estimate of drug-likeness (QED) is 0.295. The zero-order valence-corrected chi connectivity index (χ0v) is 15.5. The highest BCUT2D eigenvalue weighted by Gasteiger charge is 2.13. The molecule has 0 fully saturated rings. The molecule has 0 N–H and O–H groups in total. The van der Waals surface area contributed by atoms with Crippen molar-refractivity contribution in [1.82, 2.24) is 0 Å². The molecule has 0 aliphatic rings. The number of thiophene rings is 1. The van der Waals surface area contributed by atoms with E-state index in [0.717, 1.165) is 21.7 Å². The normalized spacial score (nSPS) is 11.3. The number of halogens is 1. The second kappa shape index (κ2) is 6.28. The van der Waals surface area contributed by atoms with Crippen molar-refractivity contribution in [2.75, 3.05) is 0 Å². The van der Waals surface area contributed by atoms with Crippen molar-refractivity contribution in [1.29, 1.82) is 0 Å². The van der Waals surface area contributed by atoms with Gasteiger partial charge in [0.25, 0.3) is 0 Å². The first-order valence-electron chi connectivity index (χ1n) is 8.57. The zero-order valence-electron chi connectivity index (χ0n) is 13.9. The van der Waals surface area contributed by atoms with E-state index in [0.29, 0.717) is 0 Å². The van der Waals surface area contributed by atoms with Gasteiger partial charge in [-0.15, -0.1) is 11.3 Å². The number of hydrogen-bond donors (Lipinski definition) is 0. The molecule has 0 nitrogen and oxygen atoms in total. The summed E-state index contributed by atoms with van der Waals surface area (Å²) in [5.74, 6) is 0. The van der Waals surface area contributed by atoms with Gasteiger partial charge < -0.3 is 0 Å². The molecule has 26 heavy (non-hydrogen) atoms. The Bertz CT molecular complexity index is 1240. The third kappa shape index (κ3) is 2.52. The van der Waals surface area contributed by atoms with Crippen LogP contribution in [-0.4, -0.2) is 0 Å². The van der Waals surface area contributed by atoms with E-state index < -0.39 is 0 Å². The van der Waals surface area contributed by atoms with E-state index in [2.05, 4.69) is 72.8 Å². The minimum Gasteiger partial charge on any atom is -0.135 e. The van der Waals surface area contributed by atoms with Crippen LogP contribution in [0.2, 0.25) is 5.02 Å². The van der Waals surface area contributed by atoms with Crippen LogP contribution in [0, 0.1) is 0 Å². The Morgan fingerprint density at radius 2 is 1.35 bits per heavy atom. The average Bonchev–Trinajstić information content (AvgIpc) is 3.06. The lowest BCUT2D eigenvalue weighted by molar-refractivity contribution is 1.60. The summed E-state index contributed by atoms with van der Waals surface area (Å²) in [6, 6.07) is 31.8. The number of fused-ring (bicyclic) bond motifs is 3. The fourth-order valence-corrected chi connectivity index (χ4v) is 4.93. The fourth-order valence-electron chi connectivity index (χ4n) is 3.56. The number of rotatable bonds is 2. The van der Waals surface area contributed by atoms with Crippen LogP contribution >= 0.6 is 22.9 Å². The Labute approximate surface area is 161 Å². The molecule has 124 valence electrons. The van der Waals surface area contributed by atoms with E-state index >= 15 is 0 Å². The predicted molar refractivity (Wildman–Crippen MR) is 115 cm³/mol. The Morgan fingerprint density at radius 1 is 0.577 bits per heavy atom. The zero-order chi connectivity index (χ0) is 17.5. The van der Waals surface area contributed by atoms with Crippen LogP contribution in [0.1, 0.15) is 0 Å². The molecule has 0 unspecified atom stereocenters. The lowest BCUT2D eigenvalue weighted by Gasteiger charge is -2.12. The molecule has 5 rings (SSSR count). The van der Waals surface area contributed by atoms with Crippen molar-refractivity contribution in [2.24, 2.45) is 0 Å². The molecule has 1 aromatic heterocycles. The van der Waals surface area contributed by atoms with Gasteiger partial charge in [-0.05, 0) is 41.0 Å². The summed E-state index contributed by atoms with van der Waals surface area (Å²) in [7, 11) is 0. The second-order valence-electron chi connectivity index (χ2n) is 6.34. The van der Waals surface area contributed by atoms with E-state index in [1.165, 1.54) is 25.7 Å². The molecular formula is C24H15ClS. The Balaban J connectivity index is 1.79. The van der Waals surface area contributed by atoms with Gasteiger partial charge in [0.1, 0.15) is 0 Å². The summed E-state index contributed by atoms with van der Waals surface area (Å²) in [6.07, 6.45) is 0. The minimum atomic E-state index is 0.783. The maximum atomic E-state index is 6.66. The van der Waals surface area contributed by atoms with E-state index in [1.807, 2.05) is 29.5 Å². The van der Waals surface area contributed by atoms with Crippen LogP contribution < -0.4 is 0 Å². The molecule has 0 aliphatic carbocycles. The Kier molecular flexibility index (Phi) is 3.77. The molecule has 5 aromatic rings. The number of hydrogen-bond acceptors (Lipinski definition) is 1. The highest BCUT2D eigenvalue weighted by atomic mass is 35.5. The molecular weight excluding hydrogens is 356 g/mol. The molecule has 0 saturated heterocycles. The maximum Gasteiger partial charge on any atom is 0.0490 e. The summed E-state index contributed by atoms with van der Waals surface area (Å²) in [5, 5.41) is 3.38. The first kappa shape index (κ1) is 15.6. The minimum absolute atomic E-state index is 0.783. The highest BCUT2D eigenvalue weighted by Crippen LogP contribution is 2.41. The van der Waals surface area contributed by atoms with Gasteiger partial charge in [0.2, 0.25) is 0 Å². The number of benzene rings is 4. The fraction of sp³-hybridized carbons (Fsp3) is 0. The summed E-state index contributed by atoms with van der Waals surface area (Å²) in [4.78, 5) is 0. The largest absolute Gasteiger partial charge is 0.135 e. The van der Waals surface area contributed by atoms with Crippen molar-refractivity contribution in [3.8, 4) is 22.3 Å². The van der Waals surface area contributed by atoms with Gasteiger partial charge in [0.05, 0.1) is 0 Å². The average molecular weight is 371 g/mol. The summed E-state index contributed by atoms with van der Waals surface area (Å²) >= 11 is 8.50. The molecule has 0 radical (unpaired) electrons. The first-order valence-corrected chi connectivity index (χ1v) is 9.76. The van der Waals surface area contributed by atoms with Gasteiger partial charge in [-0.25, -0.2) is 0 Å². The van der Waals surface area contributed by atoms with Gasteiger partial charge in [-0.2, -0.15) is 0 Å². The van der Waals surface area contributed by atoms with Gasteiger partial charge >= 0.3 is 0 Å². The van der Waals surface area contributed by atoms with Gasteiger partial charge in [0.15, 0.2) is 0 Å². The van der Waals surface area contributed by atoms with Crippen LogP contribution in [0.5, 0.6) is 0 Å². The monoisotopic (exact) mass is 370 g/mol. The summed E-state index contributed by atoms with van der Waals surface area (Å²) < 4.78 is 2.63. The predicted octanol–water partition coefficient (Wildman–Crippen LogP) is 8.04. The maximum absolute atomic E-state index is 6.66. The van der Waals surface area contributed by atoms with E-state index in [1.54, 1.807) is 0 Å². The molecule has 1 heterocycles. The molecule has 0 bridgehead atoms. The third-order valence-corrected chi connectivity index (χ3v) is 6.23.